The molecule has 0 spiro atoms. The summed E-state index contributed by atoms with van der Waals surface area (Å²) in [5.74, 6) is 1.89. The molecular formula is C13H23N3. The zero-order chi connectivity index (χ0) is 11.4. The highest BCUT2D eigenvalue weighted by atomic mass is 15.1. The van der Waals surface area contributed by atoms with E-state index in [-0.39, 0.29) is 6.04 Å². The van der Waals surface area contributed by atoms with E-state index in [9.17, 15) is 0 Å². The minimum Gasteiger partial charge on any atom is -0.334 e. The van der Waals surface area contributed by atoms with Gasteiger partial charge in [-0.1, -0.05) is 32.1 Å². The molecule has 1 heterocycles. The summed E-state index contributed by atoms with van der Waals surface area (Å²) in [5, 5.41) is 0. The van der Waals surface area contributed by atoms with E-state index in [0.717, 1.165) is 24.7 Å². The molecule has 2 rings (SSSR count). The molecule has 2 N–H and O–H groups in total. The van der Waals surface area contributed by atoms with Gasteiger partial charge in [0.15, 0.2) is 0 Å². The summed E-state index contributed by atoms with van der Waals surface area (Å²) in [6.45, 7) is 3.10. The average molecular weight is 221 g/mol. The molecule has 0 bridgehead atoms. The molecule has 1 unspecified atom stereocenters. The predicted molar refractivity (Wildman–Crippen MR) is 66.0 cm³/mol. The molecule has 1 aromatic heterocycles. The van der Waals surface area contributed by atoms with Crippen molar-refractivity contribution in [2.24, 2.45) is 11.7 Å². The fourth-order valence-corrected chi connectivity index (χ4v) is 2.80. The van der Waals surface area contributed by atoms with Crippen molar-refractivity contribution in [1.29, 1.82) is 0 Å². The van der Waals surface area contributed by atoms with Gasteiger partial charge in [0.05, 0.1) is 6.04 Å². The van der Waals surface area contributed by atoms with Crippen molar-refractivity contribution in [3.05, 3.63) is 18.2 Å². The number of imidazole rings is 1. The molecule has 1 fully saturated rings. The van der Waals surface area contributed by atoms with Crippen LogP contribution in [0.4, 0.5) is 0 Å². The van der Waals surface area contributed by atoms with E-state index in [1.54, 1.807) is 0 Å². The molecule has 16 heavy (non-hydrogen) atoms. The molecule has 90 valence electrons. The lowest BCUT2D eigenvalue weighted by Crippen LogP contribution is -2.21. The van der Waals surface area contributed by atoms with Crippen LogP contribution in [0.5, 0.6) is 0 Å². The molecule has 1 saturated carbocycles. The standard InChI is InChI=1S/C13H23N3/c1-2-16-9-8-15-13(16)12(14)10-11-6-4-3-5-7-11/h8-9,11-12H,2-7,10,14H2,1H3. The monoisotopic (exact) mass is 221 g/mol. The maximum Gasteiger partial charge on any atom is 0.125 e. The Hall–Kier alpha value is -0.830. The van der Waals surface area contributed by atoms with Crippen LogP contribution >= 0.6 is 0 Å². The van der Waals surface area contributed by atoms with Gasteiger partial charge in [-0.3, -0.25) is 0 Å². The third-order valence-electron chi connectivity index (χ3n) is 3.73. The van der Waals surface area contributed by atoms with Crippen molar-refractivity contribution in [2.45, 2.75) is 58.0 Å². The lowest BCUT2D eigenvalue weighted by Gasteiger charge is -2.24. The van der Waals surface area contributed by atoms with Crippen LogP contribution in [0.25, 0.3) is 0 Å². The molecule has 1 aliphatic carbocycles. The summed E-state index contributed by atoms with van der Waals surface area (Å²) >= 11 is 0. The first-order valence-corrected chi connectivity index (χ1v) is 6.58. The summed E-state index contributed by atoms with van der Waals surface area (Å²) in [6, 6.07) is 0.123. The Kier molecular flexibility index (Phi) is 3.99. The first kappa shape index (κ1) is 11.6. The number of aryl methyl sites for hydroxylation is 1. The molecule has 0 amide bonds. The summed E-state index contributed by atoms with van der Waals surface area (Å²) in [4.78, 5) is 4.39. The van der Waals surface area contributed by atoms with Gasteiger partial charge in [-0.15, -0.1) is 0 Å². The third kappa shape index (κ3) is 2.64. The maximum absolute atomic E-state index is 6.26. The minimum absolute atomic E-state index is 0.123. The smallest absolute Gasteiger partial charge is 0.125 e. The second-order valence-electron chi connectivity index (χ2n) is 4.92. The van der Waals surface area contributed by atoms with Gasteiger partial charge in [0, 0.05) is 18.9 Å². The molecule has 0 saturated heterocycles. The molecule has 1 atom stereocenters. The highest BCUT2D eigenvalue weighted by molar-refractivity contribution is 4.98. The predicted octanol–water partition coefficient (Wildman–Crippen LogP) is 2.87. The van der Waals surface area contributed by atoms with Crippen LogP contribution in [-0.2, 0) is 6.54 Å². The van der Waals surface area contributed by atoms with Crippen LogP contribution in [0.2, 0.25) is 0 Å². The quantitative estimate of drug-likeness (QED) is 0.849. The fourth-order valence-electron chi connectivity index (χ4n) is 2.80. The minimum atomic E-state index is 0.123. The molecule has 0 aromatic carbocycles. The van der Waals surface area contributed by atoms with Gasteiger partial charge in [0.2, 0.25) is 0 Å². The third-order valence-corrected chi connectivity index (χ3v) is 3.73. The number of rotatable bonds is 4. The Balaban J connectivity index is 1.93. The van der Waals surface area contributed by atoms with Gasteiger partial charge in [0.1, 0.15) is 5.82 Å². The number of hydrogen-bond donors (Lipinski definition) is 1. The number of nitrogens with zero attached hydrogens (tertiary/aromatic N) is 2. The Labute approximate surface area is 98.1 Å². The van der Waals surface area contributed by atoms with Crippen LogP contribution in [-0.4, -0.2) is 9.55 Å². The zero-order valence-corrected chi connectivity index (χ0v) is 10.2. The van der Waals surface area contributed by atoms with E-state index in [2.05, 4.69) is 16.5 Å². The molecule has 0 aliphatic heterocycles. The van der Waals surface area contributed by atoms with Crippen molar-refractivity contribution >= 4 is 0 Å². The van der Waals surface area contributed by atoms with Crippen molar-refractivity contribution in [3.8, 4) is 0 Å². The Bertz CT molecular complexity index is 313. The normalized spacial score (nSPS) is 19.9. The van der Waals surface area contributed by atoms with E-state index < -0.39 is 0 Å². The average Bonchev–Trinajstić information content (AvgIpc) is 2.78. The Morgan fingerprint density at radius 3 is 2.88 bits per heavy atom. The fraction of sp³-hybridized carbons (Fsp3) is 0.769. The zero-order valence-electron chi connectivity index (χ0n) is 10.2. The molecule has 3 nitrogen and oxygen atoms in total. The maximum atomic E-state index is 6.26. The van der Waals surface area contributed by atoms with Crippen molar-refractivity contribution in [2.75, 3.05) is 0 Å². The highest BCUT2D eigenvalue weighted by Gasteiger charge is 2.19. The van der Waals surface area contributed by atoms with Crippen LogP contribution in [0.1, 0.15) is 57.3 Å². The van der Waals surface area contributed by atoms with Gasteiger partial charge in [-0.05, 0) is 19.3 Å². The summed E-state index contributed by atoms with van der Waals surface area (Å²) < 4.78 is 2.16. The number of hydrogen-bond acceptors (Lipinski definition) is 2. The largest absolute Gasteiger partial charge is 0.334 e. The second kappa shape index (κ2) is 5.48. The van der Waals surface area contributed by atoms with E-state index >= 15 is 0 Å². The SMILES string of the molecule is CCn1ccnc1C(N)CC1CCCCC1. The van der Waals surface area contributed by atoms with Gasteiger partial charge in [0.25, 0.3) is 0 Å². The molecule has 3 heteroatoms. The van der Waals surface area contributed by atoms with Gasteiger partial charge in [-0.2, -0.15) is 0 Å². The number of aromatic nitrogens is 2. The topological polar surface area (TPSA) is 43.8 Å². The summed E-state index contributed by atoms with van der Waals surface area (Å²) in [5.41, 5.74) is 6.26. The van der Waals surface area contributed by atoms with Crippen LogP contribution in [0.15, 0.2) is 12.4 Å². The Morgan fingerprint density at radius 1 is 1.44 bits per heavy atom. The molecule has 0 radical (unpaired) electrons. The van der Waals surface area contributed by atoms with E-state index in [0.29, 0.717) is 0 Å². The number of nitrogens with two attached hydrogens (primary N) is 1. The van der Waals surface area contributed by atoms with E-state index in [1.807, 2.05) is 12.4 Å². The lowest BCUT2D eigenvalue weighted by molar-refractivity contribution is 0.313. The van der Waals surface area contributed by atoms with E-state index in [4.69, 9.17) is 5.73 Å². The Morgan fingerprint density at radius 2 is 2.19 bits per heavy atom. The first-order chi connectivity index (χ1) is 7.81. The van der Waals surface area contributed by atoms with Crippen molar-refractivity contribution in [3.63, 3.8) is 0 Å². The van der Waals surface area contributed by atoms with Crippen LogP contribution in [0.3, 0.4) is 0 Å². The van der Waals surface area contributed by atoms with Crippen molar-refractivity contribution < 1.29 is 0 Å². The second-order valence-corrected chi connectivity index (χ2v) is 4.92. The van der Waals surface area contributed by atoms with Gasteiger partial charge < -0.3 is 10.3 Å². The molecule has 1 aliphatic rings. The van der Waals surface area contributed by atoms with Gasteiger partial charge >= 0.3 is 0 Å². The first-order valence-electron chi connectivity index (χ1n) is 6.58. The van der Waals surface area contributed by atoms with E-state index in [1.165, 1.54) is 32.1 Å². The van der Waals surface area contributed by atoms with Crippen LogP contribution in [0, 0.1) is 5.92 Å². The van der Waals surface area contributed by atoms with Crippen molar-refractivity contribution in [1.82, 2.24) is 9.55 Å². The summed E-state index contributed by atoms with van der Waals surface area (Å²) in [7, 11) is 0. The summed E-state index contributed by atoms with van der Waals surface area (Å²) in [6.07, 6.45) is 11.9. The highest BCUT2D eigenvalue weighted by Crippen LogP contribution is 2.30. The lowest BCUT2D eigenvalue weighted by atomic mass is 9.85. The van der Waals surface area contributed by atoms with Crippen LogP contribution < -0.4 is 5.73 Å². The molecule has 1 aromatic rings. The van der Waals surface area contributed by atoms with Gasteiger partial charge in [-0.25, -0.2) is 4.98 Å². The molecular weight excluding hydrogens is 198 g/mol.